The van der Waals surface area contributed by atoms with Crippen LogP contribution in [0.2, 0.25) is 0 Å². The van der Waals surface area contributed by atoms with Crippen molar-refractivity contribution in [2.45, 2.75) is 32.8 Å². The van der Waals surface area contributed by atoms with Crippen molar-refractivity contribution in [3.63, 3.8) is 0 Å². The summed E-state index contributed by atoms with van der Waals surface area (Å²) < 4.78 is 4.64. The summed E-state index contributed by atoms with van der Waals surface area (Å²) in [6.45, 7) is 3.05. The number of aliphatic hydroxyl groups excluding tert-OH is 1. The van der Waals surface area contributed by atoms with Gasteiger partial charge in [-0.15, -0.1) is 0 Å². The fourth-order valence-corrected chi connectivity index (χ4v) is 0.609. The first-order chi connectivity index (χ1) is 5.52. The maximum Gasteiger partial charge on any atom is 0.308 e. The number of carbonyl (C=O) groups excluding carboxylic acids is 2. The van der Waals surface area contributed by atoms with E-state index >= 15 is 0 Å². The van der Waals surface area contributed by atoms with Crippen molar-refractivity contribution in [2.24, 2.45) is 0 Å². The largest absolute Gasteiger partial charge is 0.465 e. The smallest absolute Gasteiger partial charge is 0.308 e. The first-order valence-corrected chi connectivity index (χ1v) is 3.85. The van der Waals surface area contributed by atoms with E-state index in [1.807, 2.05) is 0 Å². The third-order valence-corrected chi connectivity index (χ3v) is 1.18. The molecule has 0 rings (SSSR count). The van der Waals surface area contributed by atoms with Crippen LogP contribution in [0.25, 0.3) is 0 Å². The highest BCUT2D eigenvalue weighted by Gasteiger charge is 2.06. The van der Waals surface area contributed by atoms with Gasteiger partial charge in [-0.25, -0.2) is 0 Å². The second-order valence-corrected chi connectivity index (χ2v) is 2.73. The van der Waals surface area contributed by atoms with Gasteiger partial charge in [0, 0.05) is 6.42 Å². The van der Waals surface area contributed by atoms with Crippen molar-refractivity contribution < 1.29 is 19.4 Å². The number of ether oxygens (including phenoxy) is 1. The molecule has 0 amide bonds. The second kappa shape index (κ2) is 5.71. The molecule has 0 saturated heterocycles. The van der Waals surface area contributed by atoms with Crippen LogP contribution in [-0.2, 0) is 14.3 Å². The minimum atomic E-state index is -0.685. The van der Waals surface area contributed by atoms with Gasteiger partial charge in [0.05, 0.1) is 19.1 Å². The summed E-state index contributed by atoms with van der Waals surface area (Å²) in [6.07, 6.45) is -0.460. The standard InChI is InChI=1S/C8H14O4/c1-6(9)3-4-12-8(11)5-7(2)10/h7,10H,3-5H2,1-2H3/t7-/m0/s1. The summed E-state index contributed by atoms with van der Waals surface area (Å²) in [4.78, 5) is 21.1. The van der Waals surface area contributed by atoms with E-state index in [2.05, 4.69) is 4.74 Å². The molecule has 0 heterocycles. The first kappa shape index (κ1) is 11.1. The van der Waals surface area contributed by atoms with Crippen LogP contribution in [0.15, 0.2) is 0 Å². The molecule has 70 valence electrons. The van der Waals surface area contributed by atoms with E-state index in [9.17, 15) is 9.59 Å². The molecule has 12 heavy (non-hydrogen) atoms. The lowest BCUT2D eigenvalue weighted by Crippen LogP contribution is -2.14. The topological polar surface area (TPSA) is 63.6 Å². The minimum absolute atomic E-state index is 0.0140. The zero-order valence-electron chi connectivity index (χ0n) is 7.37. The number of hydrogen-bond acceptors (Lipinski definition) is 4. The van der Waals surface area contributed by atoms with E-state index in [1.54, 1.807) is 0 Å². The number of esters is 1. The van der Waals surface area contributed by atoms with Gasteiger partial charge in [0.1, 0.15) is 5.78 Å². The molecule has 0 radical (unpaired) electrons. The summed E-state index contributed by atoms with van der Waals surface area (Å²) in [6, 6.07) is 0. The number of ketones is 1. The Morgan fingerprint density at radius 3 is 2.50 bits per heavy atom. The van der Waals surface area contributed by atoms with Crippen LogP contribution in [0.5, 0.6) is 0 Å². The molecule has 0 aliphatic rings. The van der Waals surface area contributed by atoms with Gasteiger partial charge >= 0.3 is 5.97 Å². The van der Waals surface area contributed by atoms with Crippen LogP contribution in [-0.4, -0.2) is 29.6 Å². The monoisotopic (exact) mass is 174 g/mol. The zero-order chi connectivity index (χ0) is 9.56. The van der Waals surface area contributed by atoms with E-state index in [-0.39, 0.29) is 25.2 Å². The van der Waals surface area contributed by atoms with Crippen LogP contribution < -0.4 is 0 Å². The van der Waals surface area contributed by atoms with Crippen molar-refractivity contribution >= 4 is 11.8 Å². The Hall–Kier alpha value is -0.900. The quantitative estimate of drug-likeness (QED) is 0.608. The van der Waals surface area contributed by atoms with Crippen molar-refractivity contribution in [1.82, 2.24) is 0 Å². The van der Waals surface area contributed by atoms with Crippen molar-refractivity contribution in [2.75, 3.05) is 6.61 Å². The highest BCUT2D eigenvalue weighted by atomic mass is 16.5. The van der Waals surface area contributed by atoms with Crippen LogP contribution in [0.4, 0.5) is 0 Å². The SMILES string of the molecule is CC(=O)CCOC(=O)C[C@H](C)O. The molecule has 0 bridgehead atoms. The Labute approximate surface area is 71.5 Å². The molecule has 1 atom stereocenters. The molecule has 1 N–H and O–H groups in total. The molecular weight excluding hydrogens is 160 g/mol. The summed E-state index contributed by atoms with van der Waals surface area (Å²) in [5.41, 5.74) is 0. The number of rotatable bonds is 5. The predicted octanol–water partition coefficient (Wildman–Crippen LogP) is 0.280. The van der Waals surface area contributed by atoms with Gasteiger partial charge in [-0.2, -0.15) is 0 Å². The molecule has 0 aromatic rings. The first-order valence-electron chi connectivity index (χ1n) is 3.85. The Bertz CT molecular complexity index is 162. The fourth-order valence-electron chi connectivity index (χ4n) is 0.609. The van der Waals surface area contributed by atoms with Gasteiger partial charge in [0.2, 0.25) is 0 Å². The summed E-state index contributed by atoms with van der Waals surface area (Å²) >= 11 is 0. The Balaban J connectivity index is 3.38. The van der Waals surface area contributed by atoms with E-state index in [0.29, 0.717) is 0 Å². The van der Waals surface area contributed by atoms with Gasteiger partial charge in [-0.1, -0.05) is 0 Å². The average Bonchev–Trinajstić information content (AvgIpc) is 1.84. The highest BCUT2D eigenvalue weighted by molar-refractivity contribution is 5.76. The van der Waals surface area contributed by atoms with Crippen LogP contribution >= 0.6 is 0 Å². The average molecular weight is 174 g/mol. The highest BCUT2D eigenvalue weighted by Crippen LogP contribution is 1.94. The van der Waals surface area contributed by atoms with Crippen LogP contribution in [0, 0.1) is 0 Å². The summed E-state index contributed by atoms with van der Waals surface area (Å²) in [5.74, 6) is -0.480. The van der Waals surface area contributed by atoms with Crippen molar-refractivity contribution in [1.29, 1.82) is 0 Å². The Morgan fingerprint density at radius 1 is 1.50 bits per heavy atom. The van der Waals surface area contributed by atoms with Crippen molar-refractivity contribution in [3.05, 3.63) is 0 Å². The molecule has 0 aromatic carbocycles. The lowest BCUT2D eigenvalue weighted by atomic mass is 10.3. The molecule has 0 aliphatic heterocycles. The van der Waals surface area contributed by atoms with E-state index in [4.69, 9.17) is 5.11 Å². The van der Waals surface area contributed by atoms with E-state index in [1.165, 1.54) is 13.8 Å². The lowest BCUT2D eigenvalue weighted by molar-refractivity contribution is -0.146. The lowest BCUT2D eigenvalue weighted by Gasteiger charge is -2.04. The molecule has 0 saturated carbocycles. The van der Waals surface area contributed by atoms with E-state index in [0.717, 1.165) is 0 Å². The summed E-state index contributed by atoms with van der Waals surface area (Å²) in [5, 5.41) is 8.76. The molecule has 4 nitrogen and oxygen atoms in total. The Morgan fingerprint density at radius 2 is 2.08 bits per heavy atom. The van der Waals surface area contributed by atoms with Crippen molar-refractivity contribution in [3.8, 4) is 0 Å². The molecular formula is C8H14O4. The van der Waals surface area contributed by atoms with Crippen LogP contribution in [0.3, 0.4) is 0 Å². The molecule has 0 aliphatic carbocycles. The van der Waals surface area contributed by atoms with Gasteiger partial charge in [0.15, 0.2) is 0 Å². The van der Waals surface area contributed by atoms with Gasteiger partial charge in [-0.05, 0) is 13.8 Å². The maximum atomic E-state index is 10.7. The third-order valence-electron chi connectivity index (χ3n) is 1.18. The zero-order valence-corrected chi connectivity index (χ0v) is 7.37. The molecule has 4 heteroatoms. The molecule has 0 aromatic heterocycles. The van der Waals surface area contributed by atoms with Gasteiger partial charge in [0.25, 0.3) is 0 Å². The van der Waals surface area contributed by atoms with Crippen LogP contribution in [0.1, 0.15) is 26.7 Å². The maximum absolute atomic E-state index is 10.7. The Kier molecular flexibility index (Phi) is 5.28. The molecule has 0 unspecified atom stereocenters. The summed E-state index contributed by atoms with van der Waals surface area (Å²) in [7, 11) is 0. The molecule has 0 fully saturated rings. The third kappa shape index (κ3) is 7.21. The van der Waals surface area contributed by atoms with Gasteiger partial charge < -0.3 is 9.84 Å². The number of carbonyl (C=O) groups is 2. The molecule has 0 spiro atoms. The number of Topliss-reactive ketones (excluding diaryl/α,β-unsaturated/α-hetero) is 1. The normalized spacial score (nSPS) is 12.2. The second-order valence-electron chi connectivity index (χ2n) is 2.73. The number of hydrogen-bond donors (Lipinski definition) is 1. The minimum Gasteiger partial charge on any atom is -0.465 e. The van der Waals surface area contributed by atoms with Gasteiger partial charge in [-0.3, -0.25) is 9.59 Å². The predicted molar refractivity (Wildman–Crippen MR) is 42.6 cm³/mol. The van der Waals surface area contributed by atoms with E-state index < -0.39 is 12.1 Å². The fraction of sp³-hybridized carbons (Fsp3) is 0.750. The number of aliphatic hydroxyl groups is 1.